The number of hydrogen-bond acceptors (Lipinski definition) is 0. The predicted octanol–water partition coefficient (Wildman–Crippen LogP) is 5.33. The third kappa shape index (κ3) is 4.17. The minimum atomic E-state index is -0.199. The maximum Gasteiger partial charge on any atom is 0.137 e. The van der Waals surface area contributed by atoms with E-state index in [1.807, 2.05) is 12.1 Å². The van der Waals surface area contributed by atoms with Gasteiger partial charge >= 0.3 is 0 Å². The maximum absolute atomic E-state index is 13.0. The van der Waals surface area contributed by atoms with Crippen LogP contribution in [0.3, 0.4) is 0 Å². The molecule has 0 radical (unpaired) electrons. The van der Waals surface area contributed by atoms with Gasteiger partial charge in [0.1, 0.15) is 5.82 Å². The Hall–Kier alpha value is 0.110. The molecule has 0 aliphatic heterocycles. The summed E-state index contributed by atoms with van der Waals surface area (Å²) >= 11 is 6.91. The summed E-state index contributed by atoms with van der Waals surface area (Å²) in [4.78, 5) is 0.476. The zero-order valence-electron chi connectivity index (χ0n) is 9.86. The number of aryl methyl sites for hydroxylation is 1. The summed E-state index contributed by atoms with van der Waals surface area (Å²) in [5.74, 6) is -0.199. The second-order valence-electron chi connectivity index (χ2n) is 5.12. The molecule has 0 saturated carbocycles. The fourth-order valence-electron chi connectivity index (χ4n) is 1.42. The Morgan fingerprint density at radius 3 is 2.44 bits per heavy atom. The predicted molar refractivity (Wildman–Crippen MR) is 74.6 cm³/mol. The molecule has 16 heavy (non-hydrogen) atoms. The van der Waals surface area contributed by atoms with Gasteiger partial charge in [-0.25, -0.2) is 4.39 Å². The van der Waals surface area contributed by atoms with Gasteiger partial charge in [0.05, 0.1) is 4.47 Å². The molecule has 0 amide bonds. The van der Waals surface area contributed by atoms with Crippen LogP contribution < -0.4 is 0 Å². The van der Waals surface area contributed by atoms with Crippen LogP contribution in [0.15, 0.2) is 22.7 Å². The Balaban J connectivity index is 2.58. The van der Waals surface area contributed by atoms with Gasteiger partial charge in [-0.05, 0) is 51.9 Å². The van der Waals surface area contributed by atoms with Gasteiger partial charge in [-0.3, -0.25) is 0 Å². The van der Waals surface area contributed by atoms with Crippen LogP contribution in [-0.4, -0.2) is 4.83 Å². The van der Waals surface area contributed by atoms with Gasteiger partial charge in [-0.1, -0.05) is 42.8 Å². The van der Waals surface area contributed by atoms with Crippen LogP contribution >= 0.6 is 31.9 Å². The van der Waals surface area contributed by atoms with Gasteiger partial charge in [0.15, 0.2) is 0 Å². The Bertz CT molecular complexity index is 355. The van der Waals surface area contributed by atoms with E-state index in [0.29, 0.717) is 9.30 Å². The van der Waals surface area contributed by atoms with Crippen molar-refractivity contribution < 1.29 is 4.39 Å². The zero-order chi connectivity index (χ0) is 12.3. The molecule has 1 rings (SSSR count). The van der Waals surface area contributed by atoms with Crippen molar-refractivity contribution in [2.24, 2.45) is 5.41 Å². The summed E-state index contributed by atoms with van der Waals surface area (Å²) < 4.78 is 13.6. The van der Waals surface area contributed by atoms with Crippen molar-refractivity contribution in [3.63, 3.8) is 0 Å². The van der Waals surface area contributed by atoms with Crippen molar-refractivity contribution in [3.8, 4) is 0 Å². The van der Waals surface area contributed by atoms with Gasteiger partial charge in [-0.15, -0.1) is 0 Å². The molecular formula is C13H17Br2F. The van der Waals surface area contributed by atoms with Crippen LogP contribution in [-0.2, 0) is 6.42 Å². The van der Waals surface area contributed by atoms with E-state index in [9.17, 15) is 4.39 Å². The fourth-order valence-corrected chi connectivity index (χ4v) is 2.08. The summed E-state index contributed by atoms with van der Waals surface area (Å²) in [6, 6.07) is 5.22. The second kappa shape index (κ2) is 5.63. The standard InChI is InChI=1S/C13H17Br2F/c1-13(2,3)12(15)7-5-9-4-6-11(16)10(14)8-9/h4,6,8,12H,5,7H2,1-3H3. The summed E-state index contributed by atoms with van der Waals surface area (Å²) in [5, 5.41) is 0. The average molecular weight is 352 g/mol. The first-order chi connectivity index (χ1) is 7.30. The van der Waals surface area contributed by atoms with Crippen molar-refractivity contribution in [2.45, 2.75) is 38.4 Å². The molecule has 1 unspecified atom stereocenters. The molecule has 0 fully saturated rings. The monoisotopic (exact) mass is 350 g/mol. The van der Waals surface area contributed by atoms with E-state index in [-0.39, 0.29) is 11.2 Å². The van der Waals surface area contributed by atoms with E-state index in [0.717, 1.165) is 12.8 Å². The van der Waals surface area contributed by atoms with Crippen LogP contribution in [0.2, 0.25) is 0 Å². The molecule has 1 aromatic rings. The molecule has 0 spiro atoms. The number of alkyl halides is 1. The minimum absolute atomic E-state index is 0.199. The third-order valence-electron chi connectivity index (χ3n) is 2.61. The van der Waals surface area contributed by atoms with E-state index in [1.165, 1.54) is 11.6 Å². The number of halogens is 3. The molecule has 0 aliphatic carbocycles. The van der Waals surface area contributed by atoms with E-state index in [1.54, 1.807) is 0 Å². The summed E-state index contributed by atoms with van der Waals surface area (Å²) in [6.45, 7) is 6.65. The molecular weight excluding hydrogens is 335 g/mol. The van der Waals surface area contributed by atoms with Crippen LogP contribution in [0.25, 0.3) is 0 Å². The highest BCUT2D eigenvalue weighted by Gasteiger charge is 2.21. The zero-order valence-corrected chi connectivity index (χ0v) is 13.0. The fraction of sp³-hybridized carbons (Fsp3) is 0.538. The molecule has 0 nitrogen and oxygen atoms in total. The van der Waals surface area contributed by atoms with E-state index in [2.05, 4.69) is 52.6 Å². The molecule has 0 aliphatic rings. The van der Waals surface area contributed by atoms with Gasteiger partial charge in [-0.2, -0.15) is 0 Å². The molecule has 0 N–H and O–H groups in total. The molecule has 0 aromatic heterocycles. The van der Waals surface area contributed by atoms with Crippen LogP contribution in [0.1, 0.15) is 32.8 Å². The molecule has 1 aromatic carbocycles. The minimum Gasteiger partial charge on any atom is -0.206 e. The molecule has 0 heterocycles. The Kier molecular flexibility index (Phi) is 4.99. The normalized spacial score (nSPS) is 13.9. The highest BCUT2D eigenvalue weighted by atomic mass is 79.9. The van der Waals surface area contributed by atoms with Crippen molar-refractivity contribution >= 4 is 31.9 Å². The maximum atomic E-state index is 13.0. The smallest absolute Gasteiger partial charge is 0.137 e. The van der Waals surface area contributed by atoms with Crippen LogP contribution in [0.4, 0.5) is 4.39 Å². The SMILES string of the molecule is CC(C)(C)C(Br)CCc1ccc(F)c(Br)c1. The quantitative estimate of drug-likeness (QED) is 0.645. The summed E-state index contributed by atoms with van der Waals surface area (Å²) in [5.41, 5.74) is 1.43. The van der Waals surface area contributed by atoms with E-state index in [4.69, 9.17) is 0 Å². The summed E-state index contributed by atoms with van der Waals surface area (Å²) in [6.07, 6.45) is 2.02. The first-order valence-electron chi connectivity index (χ1n) is 5.38. The average Bonchev–Trinajstić information content (AvgIpc) is 2.18. The highest BCUT2D eigenvalue weighted by molar-refractivity contribution is 9.10. The Morgan fingerprint density at radius 2 is 1.94 bits per heavy atom. The van der Waals surface area contributed by atoms with Crippen molar-refractivity contribution in [1.82, 2.24) is 0 Å². The van der Waals surface area contributed by atoms with Gasteiger partial charge in [0.25, 0.3) is 0 Å². The van der Waals surface area contributed by atoms with Crippen molar-refractivity contribution in [2.75, 3.05) is 0 Å². The Morgan fingerprint density at radius 1 is 1.31 bits per heavy atom. The van der Waals surface area contributed by atoms with Gasteiger partial charge < -0.3 is 0 Å². The first-order valence-corrected chi connectivity index (χ1v) is 7.09. The lowest BCUT2D eigenvalue weighted by Gasteiger charge is -2.25. The second-order valence-corrected chi connectivity index (χ2v) is 7.08. The Labute approximate surface area is 114 Å². The lowest BCUT2D eigenvalue weighted by atomic mass is 9.89. The summed E-state index contributed by atoms with van der Waals surface area (Å²) in [7, 11) is 0. The molecule has 0 saturated heterocycles. The van der Waals surface area contributed by atoms with Gasteiger partial charge in [0.2, 0.25) is 0 Å². The lowest BCUT2D eigenvalue weighted by Crippen LogP contribution is -2.20. The van der Waals surface area contributed by atoms with Crippen LogP contribution in [0.5, 0.6) is 0 Å². The van der Waals surface area contributed by atoms with Crippen molar-refractivity contribution in [3.05, 3.63) is 34.1 Å². The highest BCUT2D eigenvalue weighted by Crippen LogP contribution is 2.30. The largest absolute Gasteiger partial charge is 0.206 e. The molecule has 90 valence electrons. The van der Waals surface area contributed by atoms with E-state index < -0.39 is 0 Å². The molecule has 1 atom stereocenters. The number of hydrogen-bond donors (Lipinski definition) is 0. The number of rotatable bonds is 3. The first kappa shape index (κ1) is 14.2. The van der Waals surface area contributed by atoms with E-state index >= 15 is 0 Å². The van der Waals surface area contributed by atoms with Crippen LogP contribution in [0, 0.1) is 11.2 Å². The topological polar surface area (TPSA) is 0 Å². The molecule has 3 heteroatoms. The van der Waals surface area contributed by atoms with Crippen molar-refractivity contribution in [1.29, 1.82) is 0 Å². The van der Waals surface area contributed by atoms with Gasteiger partial charge in [0, 0.05) is 4.83 Å². The lowest BCUT2D eigenvalue weighted by molar-refractivity contribution is 0.385. The number of benzene rings is 1. The third-order valence-corrected chi connectivity index (χ3v) is 5.05. The molecule has 0 bridgehead atoms.